The van der Waals surface area contributed by atoms with Crippen molar-refractivity contribution in [1.29, 1.82) is 0 Å². The number of hydrogen-bond donors (Lipinski definition) is 2. The number of nitrogens with zero attached hydrogens (tertiary/aromatic N) is 2. The SMILES string of the molecule is Cc1nn(Cc2c(Cl)cccc2Cl)c(C)c1NC(=O)[C@H]1[C@@H](C(=O)O)[C@H]2C=C[C@@H]1C2. The molecule has 29 heavy (non-hydrogen) atoms. The zero-order valence-electron chi connectivity index (χ0n) is 16.0. The topological polar surface area (TPSA) is 84.2 Å². The first-order chi connectivity index (χ1) is 13.8. The highest BCUT2D eigenvalue weighted by Crippen LogP contribution is 2.48. The molecular formula is C21H21Cl2N3O3. The number of benzene rings is 1. The smallest absolute Gasteiger partial charge is 0.307 e. The van der Waals surface area contributed by atoms with Gasteiger partial charge in [-0.15, -0.1) is 0 Å². The molecule has 2 N–H and O–H groups in total. The molecule has 0 radical (unpaired) electrons. The standard InChI is InChI=1S/C21H21Cl2N3O3/c1-10-19(11(2)26(25-10)9-14-15(22)4-3-5-16(14)23)24-20(27)17-12-6-7-13(8-12)18(17)21(28)29/h3-7,12-13,17-18H,8-9H2,1-2H3,(H,24,27)(H,28,29)/t12-,13+,17-,18+/m1/s1. The van der Waals surface area contributed by atoms with E-state index in [1.807, 2.05) is 26.0 Å². The van der Waals surface area contributed by atoms with Gasteiger partial charge in [-0.2, -0.15) is 5.10 Å². The van der Waals surface area contributed by atoms with Gasteiger partial charge in [-0.1, -0.05) is 41.4 Å². The number of fused-ring (bicyclic) bond motifs is 2. The lowest BCUT2D eigenvalue weighted by Crippen LogP contribution is -2.36. The Labute approximate surface area is 178 Å². The van der Waals surface area contributed by atoms with E-state index < -0.39 is 17.8 Å². The molecule has 0 spiro atoms. The molecule has 4 atom stereocenters. The maximum Gasteiger partial charge on any atom is 0.307 e. The Bertz CT molecular complexity index is 1010. The summed E-state index contributed by atoms with van der Waals surface area (Å²) in [6, 6.07) is 5.32. The van der Waals surface area contributed by atoms with Crippen LogP contribution in [0.1, 0.15) is 23.4 Å². The van der Waals surface area contributed by atoms with E-state index in [9.17, 15) is 14.7 Å². The highest BCUT2D eigenvalue weighted by Gasteiger charge is 2.51. The molecule has 1 saturated carbocycles. The van der Waals surface area contributed by atoms with Crippen molar-refractivity contribution in [2.24, 2.45) is 23.7 Å². The van der Waals surface area contributed by atoms with Crippen LogP contribution in [0.3, 0.4) is 0 Å². The summed E-state index contributed by atoms with van der Waals surface area (Å²) in [6.07, 6.45) is 4.61. The summed E-state index contributed by atoms with van der Waals surface area (Å²) in [6.45, 7) is 4.04. The third kappa shape index (κ3) is 3.45. The lowest BCUT2D eigenvalue weighted by molar-refractivity contribution is -0.146. The minimum Gasteiger partial charge on any atom is -0.481 e. The molecule has 2 bridgehead atoms. The van der Waals surface area contributed by atoms with Crippen LogP contribution >= 0.6 is 23.2 Å². The van der Waals surface area contributed by atoms with Gasteiger partial charge in [0.2, 0.25) is 5.91 Å². The summed E-state index contributed by atoms with van der Waals surface area (Å²) in [5.41, 5.74) is 2.78. The molecule has 2 aliphatic carbocycles. The van der Waals surface area contributed by atoms with Crippen molar-refractivity contribution in [3.8, 4) is 0 Å². The van der Waals surface area contributed by atoms with E-state index in [0.29, 0.717) is 28.0 Å². The molecule has 0 saturated heterocycles. The van der Waals surface area contributed by atoms with Crippen LogP contribution in [0.2, 0.25) is 10.0 Å². The zero-order valence-corrected chi connectivity index (χ0v) is 17.5. The van der Waals surface area contributed by atoms with Crippen LogP contribution in [-0.2, 0) is 16.1 Å². The van der Waals surface area contributed by atoms with Crippen LogP contribution in [0.15, 0.2) is 30.4 Å². The Morgan fingerprint density at radius 2 is 1.79 bits per heavy atom. The predicted molar refractivity (Wildman–Crippen MR) is 111 cm³/mol. The third-order valence-electron chi connectivity index (χ3n) is 6.05. The lowest BCUT2D eigenvalue weighted by atomic mass is 9.82. The molecule has 1 fully saturated rings. The number of carboxylic acid groups (broad SMARTS) is 1. The minimum atomic E-state index is -0.917. The van der Waals surface area contributed by atoms with Crippen LogP contribution in [0.5, 0.6) is 0 Å². The number of halogens is 2. The van der Waals surface area contributed by atoms with E-state index in [1.54, 1.807) is 22.9 Å². The number of aliphatic carboxylic acids is 1. The van der Waals surface area contributed by atoms with E-state index in [4.69, 9.17) is 23.2 Å². The molecule has 0 unspecified atom stereocenters. The van der Waals surface area contributed by atoms with Gasteiger partial charge >= 0.3 is 5.97 Å². The molecular weight excluding hydrogens is 413 g/mol. The number of hydrogen-bond acceptors (Lipinski definition) is 3. The van der Waals surface area contributed by atoms with Gasteiger partial charge in [-0.05, 0) is 44.2 Å². The fraction of sp³-hybridized carbons (Fsp3) is 0.381. The van der Waals surface area contributed by atoms with Gasteiger partial charge in [0, 0.05) is 15.6 Å². The molecule has 1 amide bonds. The molecule has 8 heteroatoms. The van der Waals surface area contributed by atoms with Gasteiger partial charge < -0.3 is 10.4 Å². The Hall–Kier alpha value is -2.31. The van der Waals surface area contributed by atoms with Crippen LogP contribution in [0, 0.1) is 37.5 Å². The summed E-state index contributed by atoms with van der Waals surface area (Å²) >= 11 is 12.5. The van der Waals surface area contributed by atoms with Crippen LogP contribution in [0.4, 0.5) is 5.69 Å². The maximum atomic E-state index is 13.0. The second kappa shape index (κ2) is 7.50. The molecule has 4 rings (SSSR count). The van der Waals surface area contributed by atoms with E-state index in [1.165, 1.54) is 0 Å². The average molecular weight is 434 g/mol. The highest BCUT2D eigenvalue weighted by atomic mass is 35.5. The number of carbonyl (C=O) groups excluding carboxylic acids is 1. The number of aromatic nitrogens is 2. The zero-order chi connectivity index (χ0) is 20.9. The Morgan fingerprint density at radius 3 is 2.41 bits per heavy atom. The second-order valence-electron chi connectivity index (χ2n) is 7.73. The highest BCUT2D eigenvalue weighted by molar-refractivity contribution is 6.36. The van der Waals surface area contributed by atoms with E-state index in [0.717, 1.165) is 17.7 Å². The quantitative estimate of drug-likeness (QED) is 0.687. The first-order valence-electron chi connectivity index (χ1n) is 9.46. The normalized spacial score (nSPS) is 24.8. The van der Waals surface area contributed by atoms with Crippen molar-refractivity contribution < 1.29 is 14.7 Å². The number of anilines is 1. The summed E-state index contributed by atoms with van der Waals surface area (Å²) in [4.78, 5) is 24.7. The molecule has 1 aromatic heterocycles. The Balaban J connectivity index is 1.58. The Morgan fingerprint density at radius 1 is 1.17 bits per heavy atom. The second-order valence-corrected chi connectivity index (χ2v) is 8.55. The van der Waals surface area contributed by atoms with Crippen LogP contribution < -0.4 is 5.32 Å². The molecule has 2 aromatic rings. The first kappa shape index (κ1) is 20.0. The van der Waals surface area contributed by atoms with Gasteiger partial charge in [0.15, 0.2) is 0 Å². The summed E-state index contributed by atoms with van der Waals surface area (Å²) < 4.78 is 1.74. The summed E-state index contributed by atoms with van der Waals surface area (Å²) in [5.74, 6) is -2.53. The van der Waals surface area contributed by atoms with Crippen molar-refractivity contribution in [3.05, 3.63) is 57.3 Å². The van der Waals surface area contributed by atoms with E-state index >= 15 is 0 Å². The molecule has 2 aliphatic rings. The van der Waals surface area contributed by atoms with E-state index in [2.05, 4.69) is 10.4 Å². The van der Waals surface area contributed by atoms with Gasteiger partial charge in [0.05, 0.1) is 35.5 Å². The molecule has 6 nitrogen and oxygen atoms in total. The number of rotatable bonds is 5. The first-order valence-corrected chi connectivity index (χ1v) is 10.2. The fourth-order valence-electron chi connectivity index (χ4n) is 4.59. The van der Waals surface area contributed by atoms with Crippen molar-refractivity contribution in [2.75, 3.05) is 5.32 Å². The maximum absolute atomic E-state index is 13.0. The van der Waals surface area contributed by atoms with Crippen LogP contribution in [-0.4, -0.2) is 26.8 Å². The number of amides is 1. The molecule has 152 valence electrons. The molecule has 0 aliphatic heterocycles. The molecule has 1 aromatic carbocycles. The van der Waals surface area contributed by atoms with Crippen molar-refractivity contribution in [1.82, 2.24) is 9.78 Å². The largest absolute Gasteiger partial charge is 0.481 e. The van der Waals surface area contributed by atoms with Gasteiger partial charge in [0.25, 0.3) is 0 Å². The van der Waals surface area contributed by atoms with Crippen LogP contribution in [0.25, 0.3) is 0 Å². The van der Waals surface area contributed by atoms with Crippen molar-refractivity contribution in [2.45, 2.75) is 26.8 Å². The average Bonchev–Trinajstić information content (AvgIpc) is 3.34. The monoisotopic (exact) mass is 433 g/mol. The Kier molecular flexibility index (Phi) is 5.17. The minimum absolute atomic E-state index is 0.0290. The third-order valence-corrected chi connectivity index (χ3v) is 6.75. The number of carboxylic acids is 1. The van der Waals surface area contributed by atoms with Crippen molar-refractivity contribution in [3.63, 3.8) is 0 Å². The lowest BCUT2D eigenvalue weighted by Gasteiger charge is -2.24. The predicted octanol–water partition coefficient (Wildman–Crippen LogP) is 4.32. The number of allylic oxidation sites excluding steroid dienone is 2. The molecule has 1 heterocycles. The summed E-state index contributed by atoms with van der Waals surface area (Å²) in [5, 5.41) is 18.2. The number of carbonyl (C=O) groups is 2. The number of nitrogens with one attached hydrogen (secondary N) is 1. The van der Waals surface area contributed by atoms with Gasteiger partial charge in [-0.3, -0.25) is 14.3 Å². The van der Waals surface area contributed by atoms with Gasteiger partial charge in [0.1, 0.15) is 0 Å². The van der Waals surface area contributed by atoms with Crippen molar-refractivity contribution >= 4 is 40.8 Å². The fourth-order valence-corrected chi connectivity index (χ4v) is 5.10. The number of aryl methyl sites for hydroxylation is 1. The van der Waals surface area contributed by atoms with Gasteiger partial charge in [-0.25, -0.2) is 0 Å². The van der Waals surface area contributed by atoms with E-state index in [-0.39, 0.29) is 17.7 Å². The summed E-state index contributed by atoms with van der Waals surface area (Å²) in [7, 11) is 0.